The van der Waals surface area contributed by atoms with Crippen molar-refractivity contribution in [3.05, 3.63) is 12.7 Å². The predicted molar refractivity (Wildman–Crippen MR) is 69.4 cm³/mol. The second-order valence-corrected chi connectivity index (χ2v) is 6.25. The third-order valence-corrected chi connectivity index (χ3v) is 2.63. The van der Waals surface area contributed by atoms with Gasteiger partial charge in [-0.2, -0.15) is 0 Å². The molecule has 6 heteroatoms. The fourth-order valence-electron chi connectivity index (χ4n) is 1.93. The normalized spacial score (nSPS) is 28.8. The van der Waals surface area contributed by atoms with Crippen molar-refractivity contribution in [3.63, 3.8) is 0 Å². The number of ether oxygens (including phenoxy) is 3. The maximum Gasteiger partial charge on any atom is 0.309 e. The minimum Gasteiger partial charge on any atom is -0.460 e. The van der Waals surface area contributed by atoms with Gasteiger partial charge >= 0.3 is 11.9 Å². The van der Waals surface area contributed by atoms with Crippen LogP contribution in [0.4, 0.5) is 8.78 Å². The first-order valence-corrected chi connectivity index (χ1v) is 6.45. The first-order valence-electron chi connectivity index (χ1n) is 6.45. The standard InChI is InChI=1S/C14H22F2O4/c1-7-9-14(15,16)10(19-13(5,6)18-9)8-11(17)20-12(2,3)4/h7,9-10H,1,8H2,2-6H3/t9-,10+/m1/s1. The molecule has 0 bridgehead atoms. The summed E-state index contributed by atoms with van der Waals surface area (Å²) in [6, 6.07) is 0. The first kappa shape index (κ1) is 17.0. The molecule has 0 aromatic rings. The number of carbonyl (C=O) groups excluding carboxylic acids is 1. The third kappa shape index (κ3) is 4.24. The molecule has 1 aliphatic heterocycles. The van der Waals surface area contributed by atoms with Gasteiger partial charge in [0, 0.05) is 0 Å². The fraction of sp³-hybridized carbons (Fsp3) is 0.786. The molecule has 1 fully saturated rings. The summed E-state index contributed by atoms with van der Waals surface area (Å²) in [5.74, 6) is -5.29. The Balaban J connectivity index is 2.85. The Kier molecular flexibility index (Phi) is 4.61. The van der Waals surface area contributed by atoms with E-state index < -0.39 is 41.9 Å². The van der Waals surface area contributed by atoms with Crippen LogP contribution in [-0.2, 0) is 19.0 Å². The Labute approximate surface area is 118 Å². The number of hydrogen-bond donors (Lipinski definition) is 0. The summed E-state index contributed by atoms with van der Waals surface area (Å²) in [6.45, 7) is 11.4. The molecule has 2 atom stereocenters. The molecule has 0 saturated carbocycles. The van der Waals surface area contributed by atoms with Crippen molar-refractivity contribution < 1.29 is 27.8 Å². The van der Waals surface area contributed by atoms with E-state index in [2.05, 4.69) is 6.58 Å². The molecule has 0 unspecified atom stereocenters. The molecule has 0 spiro atoms. The van der Waals surface area contributed by atoms with Crippen LogP contribution in [0.5, 0.6) is 0 Å². The zero-order chi connectivity index (χ0) is 15.8. The molecule has 0 radical (unpaired) electrons. The molecule has 0 aromatic carbocycles. The summed E-state index contributed by atoms with van der Waals surface area (Å²) in [5, 5.41) is 0. The molecule has 20 heavy (non-hydrogen) atoms. The zero-order valence-corrected chi connectivity index (χ0v) is 12.5. The lowest BCUT2D eigenvalue weighted by atomic mass is 10.0. The zero-order valence-electron chi connectivity index (χ0n) is 12.5. The summed E-state index contributed by atoms with van der Waals surface area (Å²) < 4.78 is 43.6. The first-order chi connectivity index (χ1) is 8.87. The van der Waals surface area contributed by atoms with Crippen molar-refractivity contribution in [2.75, 3.05) is 0 Å². The highest BCUT2D eigenvalue weighted by atomic mass is 19.3. The Morgan fingerprint density at radius 2 is 1.90 bits per heavy atom. The average molecular weight is 292 g/mol. The molecule has 1 heterocycles. The van der Waals surface area contributed by atoms with Crippen LogP contribution in [0.25, 0.3) is 0 Å². The van der Waals surface area contributed by atoms with Crippen LogP contribution >= 0.6 is 0 Å². The van der Waals surface area contributed by atoms with Gasteiger partial charge in [-0.05, 0) is 34.6 Å². The Bertz CT molecular complexity index is 385. The summed E-state index contributed by atoms with van der Waals surface area (Å²) in [7, 11) is 0. The van der Waals surface area contributed by atoms with Gasteiger partial charge < -0.3 is 14.2 Å². The fourth-order valence-corrected chi connectivity index (χ4v) is 1.93. The van der Waals surface area contributed by atoms with Gasteiger partial charge in [-0.25, -0.2) is 8.78 Å². The number of halogens is 2. The van der Waals surface area contributed by atoms with Crippen LogP contribution in [0.15, 0.2) is 12.7 Å². The third-order valence-electron chi connectivity index (χ3n) is 2.63. The Morgan fingerprint density at radius 3 is 2.35 bits per heavy atom. The topological polar surface area (TPSA) is 44.8 Å². The summed E-state index contributed by atoms with van der Waals surface area (Å²) in [5.41, 5.74) is -0.731. The van der Waals surface area contributed by atoms with Gasteiger partial charge in [-0.15, -0.1) is 6.58 Å². The van der Waals surface area contributed by atoms with Gasteiger partial charge in [0.2, 0.25) is 0 Å². The van der Waals surface area contributed by atoms with E-state index in [0.717, 1.165) is 6.08 Å². The Hall–Kier alpha value is -1.01. The molecular weight excluding hydrogens is 270 g/mol. The van der Waals surface area contributed by atoms with Gasteiger partial charge in [0.25, 0.3) is 0 Å². The lowest BCUT2D eigenvalue weighted by Gasteiger charge is -2.44. The second kappa shape index (κ2) is 5.41. The lowest BCUT2D eigenvalue weighted by molar-refractivity contribution is -0.365. The highest BCUT2D eigenvalue weighted by Gasteiger charge is 2.56. The van der Waals surface area contributed by atoms with Gasteiger partial charge in [-0.1, -0.05) is 6.08 Å². The van der Waals surface area contributed by atoms with Gasteiger partial charge in [0.1, 0.15) is 17.8 Å². The quantitative estimate of drug-likeness (QED) is 0.592. The minimum absolute atomic E-state index is 0.540. The maximum atomic E-state index is 14.1. The number of hydrogen-bond acceptors (Lipinski definition) is 4. The highest BCUT2D eigenvalue weighted by Crippen LogP contribution is 2.40. The molecular formula is C14H22F2O4. The van der Waals surface area contributed by atoms with E-state index in [9.17, 15) is 13.6 Å². The van der Waals surface area contributed by atoms with E-state index in [-0.39, 0.29) is 0 Å². The number of esters is 1. The number of alkyl halides is 2. The largest absolute Gasteiger partial charge is 0.460 e. The summed E-state index contributed by atoms with van der Waals surface area (Å²) in [6.07, 6.45) is -2.63. The maximum absolute atomic E-state index is 14.1. The smallest absolute Gasteiger partial charge is 0.309 e. The summed E-state index contributed by atoms with van der Waals surface area (Å²) in [4.78, 5) is 11.7. The highest BCUT2D eigenvalue weighted by molar-refractivity contribution is 5.70. The molecule has 0 N–H and O–H groups in total. The predicted octanol–water partition coefficient (Wildman–Crippen LogP) is 3.06. The van der Waals surface area contributed by atoms with Crippen molar-refractivity contribution >= 4 is 5.97 Å². The number of rotatable bonds is 3. The average Bonchev–Trinajstić information content (AvgIpc) is 2.20. The van der Waals surface area contributed by atoms with Crippen LogP contribution in [0.3, 0.4) is 0 Å². The molecule has 116 valence electrons. The minimum atomic E-state index is -3.34. The van der Waals surface area contributed by atoms with E-state index >= 15 is 0 Å². The van der Waals surface area contributed by atoms with Crippen molar-refractivity contribution in [1.29, 1.82) is 0 Å². The monoisotopic (exact) mass is 292 g/mol. The molecule has 0 aromatic heterocycles. The molecule has 1 rings (SSSR count). The number of carbonyl (C=O) groups is 1. The molecule has 1 saturated heterocycles. The van der Waals surface area contributed by atoms with E-state index in [4.69, 9.17) is 14.2 Å². The van der Waals surface area contributed by atoms with Crippen molar-refractivity contribution in [1.82, 2.24) is 0 Å². The van der Waals surface area contributed by atoms with E-state index in [1.165, 1.54) is 13.8 Å². The van der Waals surface area contributed by atoms with E-state index in [1.807, 2.05) is 0 Å². The van der Waals surface area contributed by atoms with Crippen LogP contribution in [-0.4, -0.2) is 35.5 Å². The van der Waals surface area contributed by atoms with Crippen LogP contribution in [0, 0.1) is 0 Å². The van der Waals surface area contributed by atoms with Crippen molar-refractivity contribution in [2.45, 2.75) is 70.6 Å². The second-order valence-electron chi connectivity index (χ2n) is 6.25. The van der Waals surface area contributed by atoms with Crippen LogP contribution in [0.1, 0.15) is 41.0 Å². The Morgan fingerprint density at radius 1 is 1.35 bits per heavy atom. The van der Waals surface area contributed by atoms with Crippen molar-refractivity contribution in [3.8, 4) is 0 Å². The molecule has 0 aliphatic carbocycles. The molecule has 0 amide bonds. The van der Waals surface area contributed by atoms with Gasteiger partial charge in [0.15, 0.2) is 5.79 Å². The molecule has 1 aliphatic rings. The van der Waals surface area contributed by atoms with Gasteiger partial charge in [-0.3, -0.25) is 4.79 Å². The van der Waals surface area contributed by atoms with E-state index in [0.29, 0.717) is 0 Å². The van der Waals surface area contributed by atoms with Crippen LogP contribution < -0.4 is 0 Å². The van der Waals surface area contributed by atoms with Crippen LogP contribution in [0.2, 0.25) is 0 Å². The molecule has 4 nitrogen and oxygen atoms in total. The van der Waals surface area contributed by atoms with E-state index in [1.54, 1.807) is 20.8 Å². The SMILES string of the molecule is C=C[C@H]1OC(C)(C)O[C@@H](CC(=O)OC(C)(C)C)C1(F)F. The van der Waals surface area contributed by atoms with Crippen molar-refractivity contribution in [2.24, 2.45) is 0 Å². The summed E-state index contributed by atoms with van der Waals surface area (Å²) >= 11 is 0. The van der Waals surface area contributed by atoms with Gasteiger partial charge in [0.05, 0.1) is 6.42 Å². The lowest BCUT2D eigenvalue weighted by Crippen LogP contribution is -2.58.